The number of halogens is 2. The summed E-state index contributed by atoms with van der Waals surface area (Å²) in [6.07, 6.45) is 0. The quantitative estimate of drug-likeness (QED) is 0.855. The number of hydrogen-bond acceptors (Lipinski definition) is 2. The molecule has 2 aromatic rings. The first-order chi connectivity index (χ1) is 10.1. The fraction of sp³-hybridized carbons (Fsp3) is 0.294. The lowest BCUT2D eigenvalue weighted by molar-refractivity contribution is 0.305. The maximum atomic E-state index is 13.1. The third-order valence-corrected chi connectivity index (χ3v) is 3.65. The Balaban J connectivity index is 1.95. The minimum atomic E-state index is -0.438. The van der Waals surface area contributed by atoms with E-state index in [1.807, 2.05) is 19.2 Å². The molecule has 1 atom stereocenters. The fourth-order valence-electron chi connectivity index (χ4n) is 2.10. The highest BCUT2D eigenvalue weighted by atomic mass is 35.5. The summed E-state index contributed by atoms with van der Waals surface area (Å²) in [5.74, 6) is 0.599. The van der Waals surface area contributed by atoms with E-state index in [2.05, 4.69) is 24.4 Å². The minimum Gasteiger partial charge on any atom is -0.489 e. The average Bonchev–Trinajstić information content (AvgIpc) is 2.49. The molecular formula is C17H19ClFNO. The molecule has 112 valence electrons. The molecule has 0 saturated carbocycles. The van der Waals surface area contributed by atoms with Crippen molar-refractivity contribution in [3.8, 4) is 5.75 Å². The third kappa shape index (κ3) is 4.45. The van der Waals surface area contributed by atoms with Crippen molar-refractivity contribution in [3.05, 3.63) is 64.4 Å². The molecule has 21 heavy (non-hydrogen) atoms. The van der Waals surface area contributed by atoms with Crippen molar-refractivity contribution < 1.29 is 9.13 Å². The molecule has 1 N–H and O–H groups in total. The van der Waals surface area contributed by atoms with Gasteiger partial charge in [0.25, 0.3) is 0 Å². The zero-order valence-electron chi connectivity index (χ0n) is 12.2. The van der Waals surface area contributed by atoms with Crippen LogP contribution in [0.1, 0.15) is 24.0 Å². The predicted molar refractivity (Wildman–Crippen MR) is 84.5 cm³/mol. The van der Waals surface area contributed by atoms with Crippen LogP contribution in [0.4, 0.5) is 4.39 Å². The maximum absolute atomic E-state index is 13.1. The molecule has 0 saturated heterocycles. The van der Waals surface area contributed by atoms with Gasteiger partial charge in [-0.3, -0.25) is 0 Å². The molecule has 0 aliphatic carbocycles. The number of rotatable bonds is 6. The van der Waals surface area contributed by atoms with Crippen LogP contribution in [0.25, 0.3) is 0 Å². The van der Waals surface area contributed by atoms with Crippen molar-refractivity contribution in [1.29, 1.82) is 0 Å². The summed E-state index contributed by atoms with van der Waals surface area (Å²) in [5, 5.41) is 3.24. The van der Waals surface area contributed by atoms with E-state index in [-0.39, 0.29) is 5.02 Å². The molecule has 0 amide bonds. The standard InChI is InChI=1S/C17H19ClFNO/c1-12(10-20-2)14-5-3-13(4-6-14)11-21-15-7-8-17(19)16(18)9-15/h3-9,12,20H,10-11H2,1-2H3. The summed E-state index contributed by atoms with van der Waals surface area (Å²) >= 11 is 5.72. The van der Waals surface area contributed by atoms with Gasteiger partial charge in [0.05, 0.1) is 5.02 Å². The van der Waals surface area contributed by atoms with Gasteiger partial charge in [0.1, 0.15) is 18.2 Å². The molecule has 0 spiro atoms. The molecule has 0 radical (unpaired) electrons. The van der Waals surface area contributed by atoms with Crippen LogP contribution in [0.2, 0.25) is 5.02 Å². The van der Waals surface area contributed by atoms with E-state index in [1.54, 1.807) is 6.07 Å². The van der Waals surface area contributed by atoms with E-state index in [0.29, 0.717) is 18.3 Å². The van der Waals surface area contributed by atoms with Crippen LogP contribution in [-0.2, 0) is 6.61 Å². The Bertz CT molecular complexity index is 586. The van der Waals surface area contributed by atoms with Crippen LogP contribution in [0.5, 0.6) is 5.75 Å². The predicted octanol–water partition coefficient (Wildman–Crippen LogP) is 4.38. The van der Waals surface area contributed by atoms with Gasteiger partial charge in [-0.15, -0.1) is 0 Å². The molecule has 0 aliphatic rings. The second-order valence-corrected chi connectivity index (χ2v) is 5.47. The van der Waals surface area contributed by atoms with Crippen LogP contribution in [0.3, 0.4) is 0 Å². The van der Waals surface area contributed by atoms with Gasteiger partial charge >= 0.3 is 0 Å². The Kier molecular flexibility index (Phi) is 5.59. The normalized spacial score (nSPS) is 12.2. The van der Waals surface area contributed by atoms with E-state index >= 15 is 0 Å². The smallest absolute Gasteiger partial charge is 0.142 e. The first kappa shape index (κ1) is 15.8. The highest BCUT2D eigenvalue weighted by Gasteiger charge is 2.05. The minimum absolute atomic E-state index is 0.0729. The Labute approximate surface area is 129 Å². The van der Waals surface area contributed by atoms with Gasteiger partial charge in [-0.2, -0.15) is 0 Å². The van der Waals surface area contributed by atoms with E-state index < -0.39 is 5.82 Å². The van der Waals surface area contributed by atoms with Gasteiger partial charge in [-0.25, -0.2) is 4.39 Å². The largest absolute Gasteiger partial charge is 0.489 e. The number of benzene rings is 2. The molecular weight excluding hydrogens is 289 g/mol. The Morgan fingerprint density at radius 1 is 1.19 bits per heavy atom. The summed E-state index contributed by atoms with van der Waals surface area (Å²) in [6.45, 7) is 3.56. The summed E-state index contributed by atoms with van der Waals surface area (Å²) < 4.78 is 18.7. The van der Waals surface area contributed by atoms with Crippen LogP contribution >= 0.6 is 11.6 Å². The Morgan fingerprint density at radius 2 is 1.90 bits per heavy atom. The van der Waals surface area contributed by atoms with Crippen molar-refractivity contribution in [1.82, 2.24) is 5.32 Å². The zero-order valence-corrected chi connectivity index (χ0v) is 13.0. The molecule has 2 rings (SSSR count). The summed E-state index contributed by atoms with van der Waals surface area (Å²) in [4.78, 5) is 0. The van der Waals surface area contributed by atoms with Gasteiger partial charge < -0.3 is 10.1 Å². The van der Waals surface area contributed by atoms with Crippen LogP contribution in [0, 0.1) is 5.82 Å². The molecule has 0 heterocycles. The van der Waals surface area contributed by atoms with Crippen LogP contribution in [0.15, 0.2) is 42.5 Å². The van der Waals surface area contributed by atoms with Crippen molar-refractivity contribution in [2.45, 2.75) is 19.4 Å². The van der Waals surface area contributed by atoms with Crippen LogP contribution < -0.4 is 10.1 Å². The monoisotopic (exact) mass is 307 g/mol. The van der Waals surface area contributed by atoms with Gasteiger partial charge in [-0.05, 0) is 36.2 Å². The van der Waals surface area contributed by atoms with Gasteiger partial charge in [0.2, 0.25) is 0 Å². The molecule has 0 fully saturated rings. The van der Waals surface area contributed by atoms with Gasteiger partial charge in [0, 0.05) is 12.6 Å². The lowest BCUT2D eigenvalue weighted by atomic mass is 10.00. The van der Waals surface area contributed by atoms with Crippen molar-refractivity contribution in [3.63, 3.8) is 0 Å². The maximum Gasteiger partial charge on any atom is 0.142 e. The highest BCUT2D eigenvalue weighted by Crippen LogP contribution is 2.22. The zero-order chi connectivity index (χ0) is 15.2. The molecule has 0 aromatic heterocycles. The van der Waals surface area contributed by atoms with Crippen molar-refractivity contribution in [2.24, 2.45) is 0 Å². The summed E-state index contributed by atoms with van der Waals surface area (Å²) in [5.41, 5.74) is 2.36. The molecule has 2 nitrogen and oxygen atoms in total. The molecule has 4 heteroatoms. The summed E-state index contributed by atoms with van der Waals surface area (Å²) in [7, 11) is 1.95. The van der Waals surface area contributed by atoms with E-state index in [1.165, 1.54) is 17.7 Å². The number of ether oxygens (including phenoxy) is 1. The van der Waals surface area contributed by atoms with Crippen molar-refractivity contribution in [2.75, 3.05) is 13.6 Å². The lowest BCUT2D eigenvalue weighted by Crippen LogP contribution is -2.14. The second-order valence-electron chi connectivity index (χ2n) is 5.06. The Hall–Kier alpha value is -1.58. The first-order valence-corrected chi connectivity index (χ1v) is 7.29. The number of nitrogens with one attached hydrogen (secondary N) is 1. The lowest BCUT2D eigenvalue weighted by Gasteiger charge is -2.12. The molecule has 1 unspecified atom stereocenters. The first-order valence-electron chi connectivity index (χ1n) is 6.91. The topological polar surface area (TPSA) is 21.3 Å². The summed E-state index contributed by atoms with van der Waals surface area (Å²) in [6, 6.07) is 12.7. The Morgan fingerprint density at radius 3 is 2.52 bits per heavy atom. The van der Waals surface area contributed by atoms with Crippen LogP contribution in [-0.4, -0.2) is 13.6 Å². The average molecular weight is 308 g/mol. The van der Waals surface area contributed by atoms with E-state index in [0.717, 1.165) is 12.1 Å². The van der Waals surface area contributed by atoms with Crippen molar-refractivity contribution >= 4 is 11.6 Å². The SMILES string of the molecule is CNCC(C)c1ccc(COc2ccc(F)c(Cl)c2)cc1. The van der Waals surface area contributed by atoms with Gasteiger partial charge in [-0.1, -0.05) is 42.8 Å². The van der Waals surface area contributed by atoms with E-state index in [4.69, 9.17) is 16.3 Å². The number of likely N-dealkylation sites (N-methyl/N-ethyl adjacent to an activating group) is 1. The second kappa shape index (κ2) is 7.43. The van der Waals surface area contributed by atoms with Gasteiger partial charge in [0.15, 0.2) is 0 Å². The molecule has 2 aromatic carbocycles. The molecule has 0 aliphatic heterocycles. The third-order valence-electron chi connectivity index (χ3n) is 3.36. The van der Waals surface area contributed by atoms with E-state index in [9.17, 15) is 4.39 Å². The fourth-order valence-corrected chi connectivity index (χ4v) is 2.27. The number of hydrogen-bond donors (Lipinski definition) is 1. The molecule has 0 bridgehead atoms. The highest BCUT2D eigenvalue weighted by molar-refractivity contribution is 6.30.